The van der Waals surface area contributed by atoms with E-state index in [1.807, 2.05) is 66.7 Å². The van der Waals surface area contributed by atoms with Crippen LogP contribution in [0.3, 0.4) is 0 Å². The molecule has 0 aliphatic heterocycles. The van der Waals surface area contributed by atoms with Crippen LogP contribution in [-0.2, 0) is 6.54 Å². The molecule has 0 atom stereocenters. The lowest BCUT2D eigenvalue weighted by atomic mass is 10.2. The quantitative estimate of drug-likeness (QED) is 0.727. The highest BCUT2D eigenvalue weighted by molar-refractivity contribution is 5.67. The molecule has 0 fully saturated rings. The normalized spacial score (nSPS) is 10.6. The van der Waals surface area contributed by atoms with Crippen molar-refractivity contribution in [3.05, 3.63) is 77.3 Å². The summed E-state index contributed by atoms with van der Waals surface area (Å²) >= 11 is 0. The Hall–Kier alpha value is -3.52. The number of rotatable bonds is 6. The summed E-state index contributed by atoms with van der Waals surface area (Å²) in [5.74, 6) is 1.55. The lowest BCUT2D eigenvalue weighted by Crippen LogP contribution is -1.99. The monoisotopic (exact) mass is 331 g/mol. The van der Waals surface area contributed by atoms with Crippen molar-refractivity contribution in [3.8, 4) is 11.8 Å². The fourth-order valence-corrected chi connectivity index (χ4v) is 2.26. The number of hydrogen-bond acceptors (Lipinski definition) is 5. The van der Waals surface area contributed by atoms with Crippen LogP contribution in [0.25, 0.3) is 12.2 Å². The topological polar surface area (TPSA) is 71.1 Å². The van der Waals surface area contributed by atoms with E-state index < -0.39 is 0 Å². The van der Waals surface area contributed by atoms with E-state index in [-0.39, 0.29) is 5.69 Å². The molecule has 124 valence electrons. The number of anilines is 1. The van der Waals surface area contributed by atoms with Gasteiger partial charge in [-0.2, -0.15) is 10.2 Å². The standard InChI is InChI=1S/C20H17N3O2/c1-24-17-10-7-16(8-11-17)14-22-20-18(13-21)23-19(25-20)12-9-15-5-3-2-4-6-15/h2-12,22H,14H2,1H3. The Bertz CT molecular complexity index is 891. The molecule has 1 heterocycles. The molecule has 3 rings (SSSR count). The molecule has 5 heteroatoms. The maximum atomic E-state index is 9.23. The first-order valence-electron chi connectivity index (χ1n) is 7.79. The van der Waals surface area contributed by atoms with Crippen molar-refractivity contribution in [2.45, 2.75) is 6.54 Å². The average Bonchev–Trinajstić information content (AvgIpc) is 3.08. The van der Waals surface area contributed by atoms with E-state index >= 15 is 0 Å². The van der Waals surface area contributed by atoms with Crippen LogP contribution >= 0.6 is 0 Å². The predicted molar refractivity (Wildman–Crippen MR) is 96.9 cm³/mol. The summed E-state index contributed by atoms with van der Waals surface area (Å²) in [7, 11) is 1.63. The number of hydrogen-bond donors (Lipinski definition) is 1. The molecule has 1 N–H and O–H groups in total. The summed E-state index contributed by atoms with van der Waals surface area (Å²) in [5, 5.41) is 12.3. The van der Waals surface area contributed by atoms with Gasteiger partial charge in [-0.1, -0.05) is 42.5 Å². The van der Waals surface area contributed by atoms with Gasteiger partial charge in [0.25, 0.3) is 0 Å². The van der Waals surface area contributed by atoms with Crippen molar-refractivity contribution in [2.75, 3.05) is 12.4 Å². The second kappa shape index (κ2) is 7.84. The van der Waals surface area contributed by atoms with Crippen molar-refractivity contribution >= 4 is 18.0 Å². The van der Waals surface area contributed by atoms with E-state index in [4.69, 9.17) is 9.15 Å². The number of methoxy groups -OCH3 is 1. The van der Waals surface area contributed by atoms with Crippen molar-refractivity contribution in [1.82, 2.24) is 4.98 Å². The van der Waals surface area contributed by atoms with Crippen LogP contribution < -0.4 is 10.1 Å². The highest BCUT2D eigenvalue weighted by Crippen LogP contribution is 2.20. The van der Waals surface area contributed by atoms with Gasteiger partial charge >= 0.3 is 0 Å². The molecule has 3 aromatic rings. The van der Waals surface area contributed by atoms with Crippen molar-refractivity contribution in [1.29, 1.82) is 5.26 Å². The Morgan fingerprint density at radius 1 is 1.12 bits per heavy atom. The van der Waals surface area contributed by atoms with Gasteiger partial charge in [-0.05, 0) is 29.3 Å². The molecule has 0 bridgehead atoms. The number of nitriles is 1. The highest BCUT2D eigenvalue weighted by Gasteiger charge is 2.11. The van der Waals surface area contributed by atoms with E-state index in [2.05, 4.69) is 10.3 Å². The number of nitrogens with one attached hydrogen (secondary N) is 1. The van der Waals surface area contributed by atoms with Gasteiger partial charge in [0.1, 0.15) is 11.8 Å². The van der Waals surface area contributed by atoms with E-state index in [0.717, 1.165) is 16.9 Å². The third-order valence-corrected chi connectivity index (χ3v) is 3.58. The Morgan fingerprint density at radius 2 is 1.88 bits per heavy atom. The van der Waals surface area contributed by atoms with Gasteiger partial charge in [-0.25, -0.2) is 0 Å². The largest absolute Gasteiger partial charge is 0.497 e. The van der Waals surface area contributed by atoms with Crippen molar-refractivity contribution in [3.63, 3.8) is 0 Å². The van der Waals surface area contributed by atoms with Gasteiger partial charge in [0.05, 0.1) is 7.11 Å². The Kier molecular flexibility index (Phi) is 5.13. The van der Waals surface area contributed by atoms with E-state index in [9.17, 15) is 5.26 Å². The van der Waals surface area contributed by atoms with Gasteiger partial charge in [-0.15, -0.1) is 0 Å². The molecule has 0 unspecified atom stereocenters. The third kappa shape index (κ3) is 4.27. The number of aromatic nitrogens is 1. The fourth-order valence-electron chi connectivity index (χ4n) is 2.26. The molecular weight excluding hydrogens is 314 g/mol. The summed E-state index contributed by atoms with van der Waals surface area (Å²) in [6, 6.07) is 19.5. The van der Waals surface area contributed by atoms with Crippen LogP contribution in [0.15, 0.2) is 59.0 Å². The van der Waals surface area contributed by atoms with E-state index in [1.165, 1.54) is 0 Å². The molecule has 0 spiro atoms. The zero-order valence-electron chi connectivity index (χ0n) is 13.8. The van der Waals surface area contributed by atoms with Gasteiger partial charge in [-0.3, -0.25) is 0 Å². The second-order valence-electron chi connectivity index (χ2n) is 5.29. The van der Waals surface area contributed by atoms with Gasteiger partial charge in [0.2, 0.25) is 17.5 Å². The molecule has 0 amide bonds. The van der Waals surface area contributed by atoms with Gasteiger partial charge in [0, 0.05) is 12.6 Å². The first-order chi connectivity index (χ1) is 12.3. The zero-order chi connectivity index (χ0) is 17.5. The van der Waals surface area contributed by atoms with E-state index in [1.54, 1.807) is 13.2 Å². The molecule has 0 aliphatic rings. The Balaban J connectivity index is 1.70. The molecule has 5 nitrogen and oxygen atoms in total. The smallest absolute Gasteiger partial charge is 0.232 e. The third-order valence-electron chi connectivity index (χ3n) is 3.58. The predicted octanol–water partition coefficient (Wildman–Crippen LogP) is 4.34. The van der Waals surface area contributed by atoms with Gasteiger partial charge < -0.3 is 14.5 Å². The number of benzene rings is 2. The molecule has 0 saturated heterocycles. The minimum Gasteiger partial charge on any atom is -0.497 e. The molecular formula is C20H17N3O2. The van der Waals surface area contributed by atoms with Crippen LogP contribution in [0.2, 0.25) is 0 Å². The molecule has 0 saturated carbocycles. The average molecular weight is 331 g/mol. The first-order valence-corrected chi connectivity index (χ1v) is 7.79. The Labute approximate surface area is 146 Å². The van der Waals surface area contributed by atoms with Gasteiger partial charge in [0.15, 0.2) is 0 Å². The lowest BCUT2D eigenvalue weighted by molar-refractivity contribution is 0.414. The minimum absolute atomic E-state index is 0.237. The van der Waals surface area contributed by atoms with Crippen LogP contribution in [0.5, 0.6) is 5.75 Å². The van der Waals surface area contributed by atoms with Crippen molar-refractivity contribution < 1.29 is 9.15 Å². The molecule has 2 aromatic carbocycles. The number of oxazole rings is 1. The minimum atomic E-state index is 0.237. The molecule has 25 heavy (non-hydrogen) atoms. The highest BCUT2D eigenvalue weighted by atomic mass is 16.5. The fraction of sp³-hybridized carbons (Fsp3) is 0.100. The van der Waals surface area contributed by atoms with Crippen LogP contribution in [0, 0.1) is 11.3 Å². The maximum absolute atomic E-state index is 9.23. The lowest BCUT2D eigenvalue weighted by Gasteiger charge is -2.04. The number of nitrogens with zero attached hydrogens (tertiary/aromatic N) is 2. The first kappa shape index (κ1) is 16.3. The Morgan fingerprint density at radius 3 is 2.56 bits per heavy atom. The summed E-state index contributed by atoms with van der Waals surface area (Å²) in [6.07, 6.45) is 3.63. The van der Waals surface area contributed by atoms with Crippen LogP contribution in [-0.4, -0.2) is 12.1 Å². The maximum Gasteiger partial charge on any atom is 0.232 e. The SMILES string of the molecule is COc1ccc(CNc2oc(C=Cc3ccccc3)nc2C#N)cc1. The molecule has 0 aliphatic carbocycles. The van der Waals surface area contributed by atoms with E-state index in [0.29, 0.717) is 18.3 Å². The summed E-state index contributed by atoms with van der Waals surface area (Å²) in [5.41, 5.74) is 2.32. The second-order valence-corrected chi connectivity index (χ2v) is 5.29. The van der Waals surface area contributed by atoms with Crippen molar-refractivity contribution in [2.24, 2.45) is 0 Å². The molecule has 1 aromatic heterocycles. The van der Waals surface area contributed by atoms with Crippen LogP contribution in [0.1, 0.15) is 22.7 Å². The number of ether oxygens (including phenoxy) is 1. The zero-order valence-corrected chi connectivity index (χ0v) is 13.8. The summed E-state index contributed by atoms with van der Waals surface area (Å²) < 4.78 is 10.8. The van der Waals surface area contributed by atoms with Crippen LogP contribution in [0.4, 0.5) is 5.88 Å². The molecule has 0 radical (unpaired) electrons. The summed E-state index contributed by atoms with van der Waals surface area (Å²) in [4.78, 5) is 4.19. The summed E-state index contributed by atoms with van der Waals surface area (Å²) in [6.45, 7) is 0.524.